The summed E-state index contributed by atoms with van der Waals surface area (Å²) < 4.78 is 31.4. The summed E-state index contributed by atoms with van der Waals surface area (Å²) in [5.74, 6) is -0.748. The first-order valence-electron chi connectivity index (χ1n) is 10.9. The summed E-state index contributed by atoms with van der Waals surface area (Å²) in [7, 11) is -3.90. The zero-order valence-electron chi connectivity index (χ0n) is 18.2. The molecule has 0 atom stereocenters. The van der Waals surface area contributed by atoms with Gasteiger partial charge in [0, 0.05) is 6.54 Å². The van der Waals surface area contributed by atoms with Crippen molar-refractivity contribution in [2.45, 2.75) is 70.6 Å². The number of unbranched alkanes of at least 4 members (excludes halogenated alkanes) is 5. The van der Waals surface area contributed by atoms with E-state index in [4.69, 9.17) is 4.74 Å². The lowest BCUT2D eigenvalue weighted by atomic mass is 10.1. The van der Waals surface area contributed by atoms with Gasteiger partial charge in [-0.2, -0.15) is 0 Å². The van der Waals surface area contributed by atoms with E-state index in [1.54, 1.807) is 18.2 Å². The molecule has 0 fully saturated rings. The topological polar surface area (TPSA) is 63.7 Å². The molecule has 0 N–H and O–H groups in total. The summed E-state index contributed by atoms with van der Waals surface area (Å²) in [6.07, 6.45) is 8.44. The van der Waals surface area contributed by atoms with Crippen molar-refractivity contribution in [2.75, 3.05) is 26.2 Å². The van der Waals surface area contributed by atoms with E-state index < -0.39 is 15.8 Å². The van der Waals surface area contributed by atoms with Gasteiger partial charge >= 0.3 is 5.97 Å². The molecular formula is C23H37NO4S. The number of benzene rings is 1. The number of hydrogen-bond donors (Lipinski definition) is 0. The molecule has 0 heterocycles. The van der Waals surface area contributed by atoms with Crippen molar-refractivity contribution in [3.8, 4) is 0 Å². The highest BCUT2D eigenvalue weighted by molar-refractivity contribution is 7.96. The molecule has 1 aromatic carbocycles. The third-order valence-corrected chi connectivity index (χ3v) is 6.75. The molecule has 6 heteroatoms. The van der Waals surface area contributed by atoms with Crippen LogP contribution in [0.4, 0.5) is 0 Å². The third kappa shape index (κ3) is 9.13. The van der Waals surface area contributed by atoms with Crippen molar-refractivity contribution in [3.63, 3.8) is 0 Å². The Hall–Kier alpha value is -1.66. The fourth-order valence-electron chi connectivity index (χ4n) is 3.07. The average Bonchev–Trinajstić information content (AvgIpc) is 2.73. The lowest BCUT2D eigenvalue weighted by Crippen LogP contribution is -2.24. The minimum atomic E-state index is -3.90. The highest BCUT2D eigenvalue weighted by atomic mass is 32.2. The van der Waals surface area contributed by atoms with Crippen LogP contribution in [0.2, 0.25) is 0 Å². The lowest BCUT2D eigenvalue weighted by molar-refractivity contribution is -0.138. The van der Waals surface area contributed by atoms with E-state index in [0.29, 0.717) is 13.0 Å². The number of carbonyl (C=O) groups is 1. The Balaban J connectivity index is 2.81. The molecule has 1 rings (SSSR count). The zero-order valence-corrected chi connectivity index (χ0v) is 19.0. The van der Waals surface area contributed by atoms with Gasteiger partial charge in [0.2, 0.25) is 9.84 Å². The summed E-state index contributed by atoms with van der Waals surface area (Å²) >= 11 is 0. The van der Waals surface area contributed by atoms with Crippen LogP contribution in [0.3, 0.4) is 0 Å². The van der Waals surface area contributed by atoms with E-state index in [1.807, 2.05) is 0 Å². The van der Waals surface area contributed by atoms with E-state index in [0.717, 1.165) is 32.4 Å². The monoisotopic (exact) mass is 423 g/mol. The average molecular weight is 424 g/mol. The zero-order chi connectivity index (χ0) is 21.5. The molecule has 0 aliphatic heterocycles. The summed E-state index contributed by atoms with van der Waals surface area (Å²) in [5.41, 5.74) is 0. The molecular weight excluding hydrogens is 386 g/mol. The number of rotatable bonds is 15. The smallest absolute Gasteiger partial charge is 0.349 e. The fraction of sp³-hybridized carbons (Fsp3) is 0.609. The molecule has 5 nitrogen and oxygen atoms in total. The second kappa shape index (κ2) is 14.3. The van der Waals surface area contributed by atoms with Crippen LogP contribution in [0.25, 0.3) is 0 Å². The van der Waals surface area contributed by atoms with Crippen LogP contribution in [0.1, 0.15) is 65.7 Å². The van der Waals surface area contributed by atoms with E-state index in [9.17, 15) is 13.2 Å². The van der Waals surface area contributed by atoms with E-state index in [-0.39, 0.29) is 16.4 Å². The van der Waals surface area contributed by atoms with E-state index in [2.05, 4.69) is 25.7 Å². The maximum atomic E-state index is 13.0. The molecule has 0 aromatic heterocycles. The molecule has 0 spiro atoms. The van der Waals surface area contributed by atoms with Gasteiger partial charge in [0.05, 0.1) is 11.5 Å². The predicted molar refractivity (Wildman–Crippen MR) is 118 cm³/mol. The van der Waals surface area contributed by atoms with Crippen molar-refractivity contribution in [1.82, 2.24) is 4.90 Å². The van der Waals surface area contributed by atoms with E-state index in [1.165, 1.54) is 37.5 Å². The Morgan fingerprint density at radius 3 is 2.21 bits per heavy atom. The Labute approximate surface area is 177 Å². The molecule has 0 amide bonds. The molecule has 0 unspecified atom stereocenters. The second-order valence-corrected chi connectivity index (χ2v) is 9.02. The van der Waals surface area contributed by atoms with Gasteiger partial charge in [0.1, 0.15) is 0 Å². The van der Waals surface area contributed by atoms with Gasteiger partial charge in [-0.15, -0.1) is 0 Å². The Bertz CT molecular complexity index is 710. The number of carbonyl (C=O) groups excluding carboxylic acids is 1. The third-order valence-electron chi connectivity index (χ3n) is 4.94. The van der Waals surface area contributed by atoms with Crippen molar-refractivity contribution < 1.29 is 17.9 Å². The van der Waals surface area contributed by atoms with Crippen LogP contribution < -0.4 is 0 Å². The fourth-order valence-corrected chi connectivity index (χ4v) is 4.45. The second-order valence-electron chi connectivity index (χ2n) is 7.10. The lowest BCUT2D eigenvalue weighted by Gasteiger charge is -2.17. The number of sulfone groups is 1. The van der Waals surface area contributed by atoms with Gasteiger partial charge in [0.25, 0.3) is 0 Å². The first kappa shape index (κ1) is 25.4. The summed E-state index contributed by atoms with van der Waals surface area (Å²) in [6.45, 7) is 9.01. The van der Waals surface area contributed by atoms with Gasteiger partial charge < -0.3 is 9.64 Å². The first-order valence-corrected chi connectivity index (χ1v) is 12.3. The normalized spacial score (nSPS) is 12.3. The largest absolute Gasteiger partial charge is 0.462 e. The van der Waals surface area contributed by atoms with Gasteiger partial charge in [-0.25, -0.2) is 13.2 Å². The molecule has 0 aliphatic carbocycles. The number of nitrogens with zero attached hydrogens (tertiary/aromatic N) is 1. The number of hydrogen-bond acceptors (Lipinski definition) is 5. The molecule has 0 radical (unpaired) electrons. The Morgan fingerprint density at radius 2 is 1.59 bits per heavy atom. The first-order chi connectivity index (χ1) is 14.0. The highest BCUT2D eigenvalue weighted by Crippen LogP contribution is 2.21. The summed E-state index contributed by atoms with van der Waals surface area (Å²) in [4.78, 5) is 14.7. The maximum absolute atomic E-state index is 13.0. The van der Waals surface area contributed by atoms with Crippen LogP contribution in [-0.2, 0) is 19.4 Å². The molecule has 1 aromatic rings. The van der Waals surface area contributed by atoms with Gasteiger partial charge in [-0.3, -0.25) is 0 Å². The minimum Gasteiger partial charge on any atom is -0.462 e. The van der Waals surface area contributed by atoms with E-state index >= 15 is 0 Å². The van der Waals surface area contributed by atoms with Crippen molar-refractivity contribution in [2.24, 2.45) is 0 Å². The molecule has 0 aliphatic rings. The Kier molecular flexibility index (Phi) is 12.6. The predicted octanol–water partition coefficient (Wildman–Crippen LogP) is 4.98. The summed E-state index contributed by atoms with van der Waals surface area (Å²) in [6, 6.07) is 8.08. The number of ether oxygens (including phenoxy) is 1. The van der Waals surface area contributed by atoms with Crippen LogP contribution in [0, 0.1) is 0 Å². The maximum Gasteiger partial charge on any atom is 0.349 e. The van der Waals surface area contributed by atoms with Crippen LogP contribution in [0.5, 0.6) is 0 Å². The van der Waals surface area contributed by atoms with Crippen molar-refractivity contribution in [3.05, 3.63) is 41.3 Å². The number of esters is 1. The van der Waals surface area contributed by atoms with Crippen molar-refractivity contribution >= 4 is 15.8 Å². The molecule has 0 saturated carbocycles. The van der Waals surface area contributed by atoms with Crippen molar-refractivity contribution in [1.29, 1.82) is 0 Å². The van der Waals surface area contributed by atoms with Crippen LogP contribution in [0.15, 0.2) is 46.2 Å². The van der Waals surface area contributed by atoms with Gasteiger partial charge in [-0.1, -0.05) is 77.2 Å². The Morgan fingerprint density at radius 1 is 0.966 bits per heavy atom. The van der Waals surface area contributed by atoms with Crippen LogP contribution in [-0.4, -0.2) is 45.5 Å². The van der Waals surface area contributed by atoms with Gasteiger partial charge in [0.15, 0.2) is 4.91 Å². The standard InChI is InChI=1S/C23H37NO4S/c1-4-7-8-9-10-14-20-28-23(25)22(18-15-19-24(5-2)6-3)29(26,27)21-16-12-11-13-17-21/h11-13,16-18H,4-10,14-15,19-20H2,1-3H3. The minimum absolute atomic E-state index is 0.116. The molecule has 29 heavy (non-hydrogen) atoms. The van der Waals surface area contributed by atoms with Crippen LogP contribution >= 0.6 is 0 Å². The molecule has 0 saturated heterocycles. The quantitative estimate of drug-likeness (QED) is 0.226. The molecule has 0 bridgehead atoms. The molecule has 164 valence electrons. The van der Waals surface area contributed by atoms with Gasteiger partial charge in [-0.05, 0) is 38.1 Å². The highest BCUT2D eigenvalue weighted by Gasteiger charge is 2.28. The SMILES string of the molecule is CCCCCCCCOC(=O)C(=CCCN(CC)CC)S(=O)(=O)c1ccccc1. The summed E-state index contributed by atoms with van der Waals surface area (Å²) in [5, 5.41) is 0.